The van der Waals surface area contributed by atoms with Gasteiger partial charge >= 0.3 is 30.5 Å². The lowest BCUT2D eigenvalue weighted by Gasteiger charge is -2.50. The van der Waals surface area contributed by atoms with E-state index in [4.69, 9.17) is 42.6 Å². The highest BCUT2D eigenvalue weighted by molar-refractivity contribution is 14.1. The molecule has 0 aromatic carbocycles. The van der Waals surface area contributed by atoms with Crippen LogP contribution in [0.15, 0.2) is 0 Å². The summed E-state index contributed by atoms with van der Waals surface area (Å²) in [5.41, 5.74) is -4.95. The van der Waals surface area contributed by atoms with E-state index in [1.165, 1.54) is 0 Å². The number of ether oxygens (including phenoxy) is 9. The Bertz CT molecular complexity index is 1710. The lowest BCUT2D eigenvalue weighted by molar-refractivity contribution is -0.318. The van der Waals surface area contributed by atoms with Crippen molar-refractivity contribution in [1.82, 2.24) is 26.6 Å². The Kier molecular flexibility index (Phi) is 20.2. The van der Waals surface area contributed by atoms with E-state index in [9.17, 15) is 49.5 Å². The summed E-state index contributed by atoms with van der Waals surface area (Å²) >= 11 is 1.92. The molecule has 1 aliphatic carbocycles. The predicted molar refractivity (Wildman–Crippen MR) is 247 cm³/mol. The Labute approximate surface area is 411 Å². The molecule has 2 heterocycles. The number of hydrogen-bond acceptors (Lipinski definition) is 19. The average Bonchev–Trinajstić information content (AvgIpc) is 3.12. The summed E-state index contributed by atoms with van der Waals surface area (Å²) in [4.78, 5) is 65.8. The van der Waals surface area contributed by atoms with E-state index >= 15 is 0 Å². The minimum Gasteiger partial charge on any atom is -0.444 e. The van der Waals surface area contributed by atoms with Crippen molar-refractivity contribution in [2.24, 2.45) is 0 Å². The first kappa shape index (κ1) is 59.0. The number of carbonyl (C=O) groups is 5. The molecule has 24 nitrogen and oxygen atoms in total. The second-order valence-electron chi connectivity index (χ2n) is 21.9. The topological polar surface area (TPSA) is 330 Å². The zero-order chi connectivity index (χ0) is 52.1. The van der Waals surface area contributed by atoms with E-state index < -0.39 is 157 Å². The monoisotopic (exact) mass is 1090 g/mol. The molecule has 5 amide bonds. The Morgan fingerprint density at radius 2 is 0.838 bits per heavy atom. The molecule has 0 aromatic rings. The molecular weight excluding hydrogens is 1020 g/mol. The summed E-state index contributed by atoms with van der Waals surface area (Å²) in [6, 6.07) is -5.79. The Morgan fingerprint density at radius 1 is 0.471 bits per heavy atom. The second-order valence-corrected chi connectivity index (χ2v) is 22.7. The summed E-state index contributed by atoms with van der Waals surface area (Å²) < 4.78 is 52.2. The molecule has 0 unspecified atom stereocenters. The quantitative estimate of drug-likeness (QED) is 0.0803. The van der Waals surface area contributed by atoms with Crippen LogP contribution >= 0.6 is 22.6 Å². The van der Waals surface area contributed by atoms with Gasteiger partial charge in [-0.25, -0.2) is 24.0 Å². The van der Waals surface area contributed by atoms with Crippen LogP contribution in [-0.4, -0.2) is 187 Å². The third kappa shape index (κ3) is 18.8. The SMILES string of the molecule is CC(C)(C)OC(=O)NC[C@H]1O[C@H](O[C@H]2[C@H](O)[C@@H](O[C@H]3O[C@H](CI)[C@@H](O)[C@H](NC(=O)OC(C)(C)C)[C@H]3O)[C@H](NC(=O)OC(C)(C)C)C[C@@H]2NC(=O)OC(C)(C)C)[C@H](NC(=O)OC(C)(C)C)[C@@H](O)[C@@H]1O. The molecule has 0 spiro atoms. The van der Waals surface area contributed by atoms with Crippen molar-refractivity contribution in [3.8, 4) is 0 Å². The van der Waals surface area contributed by atoms with Crippen LogP contribution < -0.4 is 26.6 Å². The van der Waals surface area contributed by atoms with Crippen LogP contribution in [0, 0.1) is 0 Å². The Balaban J connectivity index is 2.17. The lowest BCUT2D eigenvalue weighted by Crippen LogP contribution is -2.71. The van der Waals surface area contributed by atoms with Gasteiger partial charge in [0.15, 0.2) is 12.6 Å². The number of halogens is 1. The summed E-state index contributed by atoms with van der Waals surface area (Å²) in [6.07, 6.45) is -23.8. The third-order valence-corrected chi connectivity index (χ3v) is 10.6. The molecule has 68 heavy (non-hydrogen) atoms. The maximum absolute atomic E-state index is 13.5. The first-order valence-corrected chi connectivity index (χ1v) is 23.9. The third-order valence-electron chi connectivity index (χ3n) is 9.73. The fourth-order valence-corrected chi connectivity index (χ4v) is 7.90. The molecule has 15 atom stereocenters. The maximum Gasteiger partial charge on any atom is 0.408 e. The highest BCUT2D eigenvalue weighted by Gasteiger charge is 2.55. The molecule has 3 aliphatic rings. The van der Waals surface area contributed by atoms with Gasteiger partial charge in [-0.3, -0.25) is 0 Å². The number of hydrogen-bond donors (Lipinski definition) is 10. The summed E-state index contributed by atoms with van der Waals surface area (Å²) in [5, 5.41) is 71.0. The van der Waals surface area contributed by atoms with Gasteiger partial charge < -0.3 is 94.7 Å². The van der Waals surface area contributed by atoms with Gasteiger partial charge in [0, 0.05) is 11.0 Å². The lowest BCUT2D eigenvalue weighted by atomic mass is 9.83. The van der Waals surface area contributed by atoms with Gasteiger partial charge in [0.2, 0.25) is 0 Å². The van der Waals surface area contributed by atoms with Gasteiger partial charge in [-0.1, -0.05) is 22.6 Å². The highest BCUT2D eigenvalue weighted by Crippen LogP contribution is 2.34. The second kappa shape index (κ2) is 23.3. The predicted octanol–water partition coefficient (Wildman–Crippen LogP) is 1.95. The molecule has 394 valence electrons. The molecule has 0 aromatic heterocycles. The standard InChI is InChI=1S/C43H76IN5O19/c1-39(2,3)64-34(55)45-18-22-26(51)27(52)24(49-38(59)68-43(13,14)15)32(61-22)62-30-19(46-35(56)65-40(4,5)6)16-20(47-36(57)66-41(7,8)9)31(29(30)54)63-33-28(53)23(25(50)21(17-44)60-33)48-37(58)67-42(10,11)12/h19-33,50-54H,16-18H2,1-15H3,(H,45,55)(H,46,56)(H,47,57)(H,48,58)(H,49,59)/t19-,20+,21+,22+,23-,24+,25+,26+,27+,28+,29-,30+,31-,32+,33+/m0/s1. The molecule has 3 fully saturated rings. The fraction of sp³-hybridized carbons (Fsp3) is 0.884. The zero-order valence-electron chi connectivity index (χ0n) is 41.6. The van der Waals surface area contributed by atoms with Gasteiger partial charge in [-0.15, -0.1) is 0 Å². The van der Waals surface area contributed by atoms with Crippen LogP contribution in [-0.2, 0) is 42.6 Å². The Morgan fingerprint density at radius 3 is 1.25 bits per heavy atom. The van der Waals surface area contributed by atoms with Crippen molar-refractivity contribution in [2.75, 3.05) is 11.0 Å². The summed E-state index contributed by atoms with van der Waals surface area (Å²) in [5.74, 6) is 0. The van der Waals surface area contributed by atoms with Crippen LogP contribution in [0.2, 0.25) is 0 Å². The van der Waals surface area contributed by atoms with Gasteiger partial charge in [0.05, 0.1) is 24.2 Å². The van der Waals surface area contributed by atoms with Crippen LogP contribution in [0.1, 0.15) is 110 Å². The summed E-state index contributed by atoms with van der Waals surface area (Å²) in [7, 11) is 0. The van der Waals surface area contributed by atoms with E-state index in [2.05, 4.69) is 26.6 Å². The van der Waals surface area contributed by atoms with Crippen LogP contribution in [0.4, 0.5) is 24.0 Å². The van der Waals surface area contributed by atoms with Crippen LogP contribution in [0.5, 0.6) is 0 Å². The molecule has 3 rings (SSSR count). The van der Waals surface area contributed by atoms with Gasteiger partial charge in [0.1, 0.15) is 82.9 Å². The minimum atomic E-state index is -1.99. The van der Waals surface area contributed by atoms with Gasteiger partial charge in [-0.05, 0) is 110 Å². The van der Waals surface area contributed by atoms with Crippen molar-refractivity contribution in [2.45, 2.75) is 230 Å². The summed E-state index contributed by atoms with van der Waals surface area (Å²) in [6.45, 7) is 23.7. The number of aliphatic hydroxyl groups is 5. The fourth-order valence-electron chi connectivity index (χ4n) is 7.17. The average molecular weight is 1090 g/mol. The van der Waals surface area contributed by atoms with Crippen molar-refractivity contribution in [3.63, 3.8) is 0 Å². The number of alkyl halides is 1. The molecule has 2 saturated heterocycles. The number of carbonyl (C=O) groups excluding carboxylic acids is 5. The van der Waals surface area contributed by atoms with Crippen LogP contribution in [0.25, 0.3) is 0 Å². The first-order valence-electron chi connectivity index (χ1n) is 22.4. The minimum absolute atomic E-state index is 0.113. The first-order chi connectivity index (χ1) is 30.9. The van der Waals surface area contributed by atoms with Gasteiger partial charge in [0.25, 0.3) is 0 Å². The van der Waals surface area contributed by atoms with E-state index in [0.29, 0.717) is 0 Å². The van der Waals surface area contributed by atoms with E-state index in [1.807, 2.05) is 22.6 Å². The smallest absolute Gasteiger partial charge is 0.408 e. The van der Waals surface area contributed by atoms with Crippen molar-refractivity contribution in [3.05, 3.63) is 0 Å². The van der Waals surface area contributed by atoms with E-state index in [1.54, 1.807) is 104 Å². The normalized spacial score (nSPS) is 32.7. The molecule has 25 heteroatoms. The highest BCUT2D eigenvalue weighted by atomic mass is 127. The molecular formula is C43H76IN5O19. The number of rotatable bonds is 11. The molecule has 1 saturated carbocycles. The number of nitrogens with one attached hydrogen (secondary N) is 5. The van der Waals surface area contributed by atoms with Crippen LogP contribution in [0.3, 0.4) is 0 Å². The molecule has 10 N–H and O–H groups in total. The number of alkyl carbamates (subject to hydrolysis) is 5. The number of amides is 5. The largest absolute Gasteiger partial charge is 0.444 e. The van der Waals surface area contributed by atoms with E-state index in [-0.39, 0.29) is 10.8 Å². The molecule has 0 radical (unpaired) electrons. The number of aliphatic hydroxyl groups excluding tert-OH is 5. The maximum atomic E-state index is 13.5. The molecule has 2 aliphatic heterocycles. The van der Waals surface area contributed by atoms with Gasteiger partial charge in [-0.2, -0.15) is 0 Å². The van der Waals surface area contributed by atoms with E-state index in [0.717, 1.165) is 0 Å². The molecule has 0 bridgehead atoms. The van der Waals surface area contributed by atoms with Crippen molar-refractivity contribution >= 4 is 53.1 Å². The van der Waals surface area contributed by atoms with Crippen molar-refractivity contribution < 1.29 is 92.1 Å². The zero-order valence-corrected chi connectivity index (χ0v) is 43.8. The Hall–Kier alpha value is -3.28. The van der Waals surface area contributed by atoms with Crippen molar-refractivity contribution in [1.29, 1.82) is 0 Å².